The van der Waals surface area contributed by atoms with Gasteiger partial charge >= 0.3 is 29.0 Å². The maximum Gasteiger partial charge on any atom is 2.00 e. The predicted octanol–water partition coefficient (Wildman–Crippen LogP) is 0.00860. The van der Waals surface area contributed by atoms with Gasteiger partial charge in [0.05, 0.1) is 0 Å². The summed E-state index contributed by atoms with van der Waals surface area (Å²) in [5, 5.41) is 0. The second-order valence-corrected chi connectivity index (χ2v) is 1.12. The number of halogens is 1. The van der Waals surface area contributed by atoms with Crippen molar-refractivity contribution in [3.8, 4) is 0 Å². The average Bonchev–Trinajstić information content (AvgIpc) is 1.76. The van der Waals surface area contributed by atoms with E-state index in [0.29, 0.717) is 0 Å². The summed E-state index contributed by atoms with van der Waals surface area (Å²) in [6.45, 7) is 1.30. The van der Waals surface area contributed by atoms with Crippen LogP contribution in [0.2, 0.25) is 0 Å². The monoisotopic (exact) mass is 103 g/mol. The van der Waals surface area contributed by atoms with E-state index in [4.69, 9.17) is 0 Å². The first kappa shape index (κ1) is 6.62. The Labute approximate surface area is 54.1 Å². The Hall–Kier alpha value is 0.616. The van der Waals surface area contributed by atoms with Crippen LogP contribution >= 0.6 is 0 Å². The van der Waals surface area contributed by atoms with E-state index in [0.717, 1.165) is 0 Å². The van der Waals surface area contributed by atoms with Crippen molar-refractivity contribution in [2.45, 2.75) is 12.9 Å². The molecule has 1 heterocycles. The maximum absolute atomic E-state index is 11.5. The number of rotatable bonds is 0. The molecule has 1 N–H and O–H groups in total. The molecular formula is C2H6FMgNO. The number of hydrogen-bond donors (Lipinski definition) is 1. The molecule has 0 bridgehead atoms. The van der Waals surface area contributed by atoms with Gasteiger partial charge in [0.2, 0.25) is 0 Å². The molecule has 0 aromatic carbocycles. The van der Waals surface area contributed by atoms with Crippen molar-refractivity contribution in [3.05, 3.63) is 0 Å². The Kier molecular flexibility index (Phi) is 1.78. The van der Waals surface area contributed by atoms with Gasteiger partial charge in [0.1, 0.15) is 0 Å². The Bertz CT molecular complexity index is 58.0. The Balaban J connectivity index is -0.0000000833. The van der Waals surface area contributed by atoms with E-state index < -0.39 is 5.98 Å². The smallest absolute Gasteiger partial charge is 1.00 e. The van der Waals surface area contributed by atoms with Crippen LogP contribution in [-0.2, 0) is 4.84 Å². The van der Waals surface area contributed by atoms with Crippen molar-refractivity contribution in [2.24, 2.45) is 0 Å². The molecular weight excluding hydrogens is 97.3 g/mol. The van der Waals surface area contributed by atoms with Crippen molar-refractivity contribution in [3.63, 3.8) is 0 Å². The van der Waals surface area contributed by atoms with Crippen LogP contribution in [0, 0.1) is 0 Å². The molecule has 0 amide bonds. The summed E-state index contributed by atoms with van der Waals surface area (Å²) in [5.41, 5.74) is 2.01. The van der Waals surface area contributed by atoms with Crippen LogP contribution in [0.1, 0.15) is 9.78 Å². The predicted molar refractivity (Wildman–Crippen MR) is 21.7 cm³/mol. The Morgan fingerprint density at radius 2 is 2.17 bits per heavy atom. The second-order valence-electron chi connectivity index (χ2n) is 1.12. The van der Waals surface area contributed by atoms with Crippen LogP contribution in [0.15, 0.2) is 0 Å². The van der Waals surface area contributed by atoms with E-state index in [1.807, 2.05) is 5.48 Å². The molecule has 2 nitrogen and oxygen atoms in total. The molecule has 1 unspecified atom stereocenters. The third-order valence-electron chi connectivity index (χ3n) is 0.383. The van der Waals surface area contributed by atoms with Crippen molar-refractivity contribution in [1.29, 1.82) is 0 Å². The molecule has 0 aromatic rings. The standard InChI is InChI=1S/C2H4FNO.Mg.2H/c1-2(3)4-5-2;;;/h4H,1H3;;;/q;+2;2*-1. The van der Waals surface area contributed by atoms with Crippen molar-refractivity contribution >= 4 is 23.1 Å². The van der Waals surface area contributed by atoms with Gasteiger partial charge in [-0.3, -0.25) is 0 Å². The molecule has 0 spiro atoms. The maximum atomic E-state index is 11.5. The molecule has 4 heteroatoms. The normalized spacial score (nSPS) is 41.0. The van der Waals surface area contributed by atoms with Gasteiger partial charge in [0.15, 0.2) is 0 Å². The minimum Gasteiger partial charge on any atom is -1.00 e. The minimum absolute atomic E-state index is 0. The summed E-state index contributed by atoms with van der Waals surface area (Å²) >= 11 is 0. The first-order valence-corrected chi connectivity index (χ1v) is 1.35. The van der Waals surface area contributed by atoms with Crippen molar-refractivity contribution in [1.82, 2.24) is 5.48 Å². The number of hydroxylamine groups is 1. The van der Waals surface area contributed by atoms with Crippen molar-refractivity contribution < 1.29 is 12.1 Å². The fraction of sp³-hybridized carbons (Fsp3) is 1.00. The SMILES string of the molecule is CC1(F)NO1.[H-].[H-].[Mg+2]. The van der Waals surface area contributed by atoms with Crippen molar-refractivity contribution in [2.75, 3.05) is 0 Å². The van der Waals surface area contributed by atoms with E-state index >= 15 is 0 Å². The first-order valence-electron chi connectivity index (χ1n) is 1.35. The summed E-state index contributed by atoms with van der Waals surface area (Å²) in [7, 11) is 0. The van der Waals surface area contributed by atoms with Crippen LogP contribution < -0.4 is 5.48 Å². The fourth-order valence-corrected chi connectivity index (χ4v) is 0.0703. The summed E-state index contributed by atoms with van der Waals surface area (Å²) in [4.78, 5) is 3.98. The first-order chi connectivity index (χ1) is 2.21. The van der Waals surface area contributed by atoms with Gasteiger partial charge in [-0.15, -0.1) is 5.48 Å². The van der Waals surface area contributed by atoms with Gasteiger partial charge < -0.3 is 2.85 Å². The Morgan fingerprint density at radius 1 is 2.00 bits per heavy atom. The molecule has 34 valence electrons. The van der Waals surface area contributed by atoms with Gasteiger partial charge in [-0.1, -0.05) is 0 Å². The minimum atomic E-state index is -1.50. The molecule has 1 rings (SSSR count). The fourth-order valence-electron chi connectivity index (χ4n) is 0.0703. The number of hydrogen-bond acceptors (Lipinski definition) is 2. The van der Waals surface area contributed by atoms with Crippen LogP contribution in [0.4, 0.5) is 4.39 Å². The van der Waals surface area contributed by atoms with Gasteiger partial charge in [-0.25, -0.2) is 4.84 Å². The van der Waals surface area contributed by atoms with Gasteiger partial charge in [-0.2, -0.15) is 4.39 Å². The van der Waals surface area contributed by atoms with Crippen LogP contribution in [0.3, 0.4) is 0 Å². The zero-order chi connectivity index (χ0) is 3.91. The van der Waals surface area contributed by atoms with Crippen LogP contribution in [0.5, 0.6) is 0 Å². The molecule has 0 aromatic heterocycles. The average molecular weight is 103 g/mol. The van der Waals surface area contributed by atoms with Gasteiger partial charge in [-0.05, 0) is 0 Å². The van der Waals surface area contributed by atoms with E-state index in [1.165, 1.54) is 6.92 Å². The molecule has 0 aliphatic carbocycles. The van der Waals surface area contributed by atoms with Crippen LogP contribution in [-0.4, -0.2) is 29.0 Å². The van der Waals surface area contributed by atoms with E-state index in [1.54, 1.807) is 0 Å². The largest absolute Gasteiger partial charge is 2.00 e. The molecule has 1 atom stereocenters. The molecule has 1 aliphatic heterocycles. The van der Waals surface area contributed by atoms with E-state index in [-0.39, 0.29) is 25.9 Å². The zero-order valence-electron chi connectivity index (χ0n) is 5.49. The zero-order valence-corrected chi connectivity index (χ0v) is 4.91. The molecule has 6 heavy (non-hydrogen) atoms. The van der Waals surface area contributed by atoms with E-state index in [2.05, 4.69) is 4.84 Å². The molecule has 1 saturated heterocycles. The number of nitrogens with one attached hydrogen (secondary N) is 1. The summed E-state index contributed by atoms with van der Waals surface area (Å²) in [6.07, 6.45) is 0. The van der Waals surface area contributed by atoms with Crippen LogP contribution in [0.25, 0.3) is 0 Å². The molecule has 1 fully saturated rings. The quantitative estimate of drug-likeness (QED) is 0.266. The molecule has 0 saturated carbocycles. The number of alkyl halides is 1. The molecule has 1 aliphatic rings. The summed E-state index contributed by atoms with van der Waals surface area (Å²) in [6, 6.07) is 0. The third kappa shape index (κ3) is 1.91. The third-order valence-corrected chi connectivity index (χ3v) is 0.383. The summed E-state index contributed by atoms with van der Waals surface area (Å²) < 4.78 is 11.5. The topological polar surface area (TPSA) is 34.5 Å². The van der Waals surface area contributed by atoms with Gasteiger partial charge in [0, 0.05) is 6.92 Å². The Morgan fingerprint density at radius 3 is 2.17 bits per heavy atom. The summed E-state index contributed by atoms with van der Waals surface area (Å²) in [5.74, 6) is -1.50. The van der Waals surface area contributed by atoms with Gasteiger partial charge in [0.25, 0.3) is 0 Å². The second kappa shape index (κ2) is 1.61. The van der Waals surface area contributed by atoms with E-state index in [9.17, 15) is 4.39 Å². The molecule has 0 radical (unpaired) electrons.